The number of rotatable bonds is 10. The molecule has 1 atom stereocenters. The summed E-state index contributed by atoms with van der Waals surface area (Å²) in [4.78, 5) is 36.0. The van der Waals surface area contributed by atoms with Crippen molar-refractivity contribution in [3.8, 4) is 0 Å². The zero-order chi connectivity index (χ0) is 27.3. The van der Waals surface area contributed by atoms with Crippen molar-refractivity contribution in [3.63, 3.8) is 0 Å². The van der Waals surface area contributed by atoms with Crippen LogP contribution in [0.1, 0.15) is 48.1 Å². The second-order valence-corrected chi connectivity index (χ2v) is 10.6. The number of nitrogens with zero attached hydrogens (tertiary/aromatic N) is 4. The second-order valence-electron chi connectivity index (χ2n) is 8.77. The fourth-order valence-corrected chi connectivity index (χ4v) is 4.75. The van der Waals surface area contributed by atoms with Gasteiger partial charge < -0.3 is 15.2 Å². The largest absolute Gasteiger partial charge is 0.342 e. The van der Waals surface area contributed by atoms with Crippen molar-refractivity contribution in [3.05, 3.63) is 73.5 Å². The Hall–Kier alpha value is -3.15. The van der Waals surface area contributed by atoms with Crippen molar-refractivity contribution in [2.24, 2.45) is 13.0 Å². The Kier molecular flexibility index (Phi) is 9.52. The summed E-state index contributed by atoms with van der Waals surface area (Å²) in [5.41, 5.74) is 1.27. The normalized spacial score (nSPS) is 11.9. The maximum Gasteiger partial charge on any atom is 0.271 e. The van der Waals surface area contributed by atoms with Gasteiger partial charge in [-0.15, -0.1) is 10.2 Å². The molecule has 3 rings (SSSR count). The average molecular weight is 565 g/mol. The number of hydrogen-bond acceptors (Lipinski definition) is 7. The van der Waals surface area contributed by atoms with Crippen LogP contribution in [0.25, 0.3) is 0 Å². The molecular weight excluding hydrogens is 539 g/mol. The van der Waals surface area contributed by atoms with E-state index in [1.165, 1.54) is 18.2 Å². The fourth-order valence-electron chi connectivity index (χ4n) is 3.54. The molecule has 0 fully saturated rings. The molecule has 10 nitrogen and oxygen atoms in total. The number of nitro groups is 1. The first-order chi connectivity index (χ1) is 17.5. The van der Waals surface area contributed by atoms with Crippen LogP contribution in [0, 0.1) is 23.0 Å². The molecule has 0 radical (unpaired) electrons. The van der Waals surface area contributed by atoms with Crippen LogP contribution in [-0.4, -0.2) is 37.3 Å². The number of nitro benzene ring substituents is 1. The molecule has 0 saturated carbocycles. The fraction of sp³-hybridized carbons (Fsp3) is 0.333. The third kappa shape index (κ3) is 7.43. The molecular formula is C24H26Cl2N6O4S. The van der Waals surface area contributed by atoms with Crippen LogP contribution in [0.3, 0.4) is 0 Å². The Labute approximate surface area is 228 Å². The topological polar surface area (TPSA) is 132 Å². The Balaban J connectivity index is 1.71. The summed E-state index contributed by atoms with van der Waals surface area (Å²) >= 11 is 13.3. The van der Waals surface area contributed by atoms with E-state index in [0.29, 0.717) is 39.2 Å². The number of non-ortho nitro benzene ring substituents is 1. The lowest BCUT2D eigenvalue weighted by atomic mass is 10.0. The molecule has 0 aliphatic heterocycles. The molecule has 0 aliphatic rings. The van der Waals surface area contributed by atoms with Crippen molar-refractivity contribution in [2.75, 3.05) is 11.1 Å². The first-order valence-corrected chi connectivity index (χ1v) is 13.0. The number of anilines is 1. The highest BCUT2D eigenvalue weighted by molar-refractivity contribution is 7.99. The standard InChI is InChI=1S/C24H26Cl2N6O4S/c1-13(2)9-20(28-23(34)17-8-6-15(25)10-18(17)26)22-29-30-24(31(22)4)37-12-21(33)27-19-11-16(32(35)36)7-5-14(19)3/h5-8,10-11,13,20H,9,12H2,1-4H3,(H,27,33)(H,28,34)/t20-/m0/s1. The molecule has 2 amide bonds. The first-order valence-electron chi connectivity index (χ1n) is 11.3. The number of hydrogen-bond donors (Lipinski definition) is 2. The van der Waals surface area contributed by atoms with Crippen molar-refractivity contribution in [2.45, 2.75) is 38.4 Å². The number of carbonyl (C=O) groups excluding carboxylic acids is 2. The third-order valence-electron chi connectivity index (χ3n) is 5.41. The molecule has 0 spiro atoms. The van der Waals surface area contributed by atoms with Gasteiger partial charge in [0, 0.05) is 24.2 Å². The Morgan fingerprint density at radius 3 is 2.54 bits per heavy atom. The molecule has 2 aromatic carbocycles. The molecule has 196 valence electrons. The minimum absolute atomic E-state index is 0.00962. The van der Waals surface area contributed by atoms with E-state index in [-0.39, 0.29) is 34.2 Å². The van der Waals surface area contributed by atoms with Gasteiger partial charge in [0.05, 0.1) is 33.0 Å². The summed E-state index contributed by atoms with van der Waals surface area (Å²) in [6.07, 6.45) is 0.597. The van der Waals surface area contributed by atoms with Crippen molar-refractivity contribution >= 4 is 58.2 Å². The van der Waals surface area contributed by atoms with Crippen LogP contribution in [0.2, 0.25) is 10.0 Å². The summed E-state index contributed by atoms with van der Waals surface area (Å²) < 4.78 is 1.73. The predicted molar refractivity (Wildman–Crippen MR) is 144 cm³/mol. The van der Waals surface area contributed by atoms with E-state index in [1.807, 2.05) is 13.8 Å². The van der Waals surface area contributed by atoms with Gasteiger partial charge in [0.2, 0.25) is 5.91 Å². The van der Waals surface area contributed by atoms with Crippen LogP contribution in [-0.2, 0) is 11.8 Å². The van der Waals surface area contributed by atoms with Crippen LogP contribution in [0.15, 0.2) is 41.6 Å². The van der Waals surface area contributed by atoms with Crippen molar-refractivity contribution < 1.29 is 14.5 Å². The number of aryl methyl sites for hydroxylation is 1. The van der Waals surface area contributed by atoms with Gasteiger partial charge in [0.1, 0.15) is 0 Å². The molecule has 37 heavy (non-hydrogen) atoms. The smallest absolute Gasteiger partial charge is 0.271 e. The van der Waals surface area contributed by atoms with Gasteiger partial charge in [0.15, 0.2) is 11.0 Å². The maximum atomic E-state index is 12.9. The lowest BCUT2D eigenvalue weighted by Crippen LogP contribution is -2.31. The highest BCUT2D eigenvalue weighted by atomic mass is 35.5. The van der Waals surface area contributed by atoms with Crippen LogP contribution >= 0.6 is 35.0 Å². The first kappa shape index (κ1) is 28.4. The van der Waals surface area contributed by atoms with E-state index in [2.05, 4.69) is 20.8 Å². The lowest BCUT2D eigenvalue weighted by Gasteiger charge is -2.20. The number of halogens is 2. The minimum Gasteiger partial charge on any atom is -0.342 e. The quantitative estimate of drug-likeness (QED) is 0.186. The number of aromatic nitrogens is 3. The highest BCUT2D eigenvalue weighted by Gasteiger charge is 2.24. The monoisotopic (exact) mass is 564 g/mol. The number of thioether (sulfide) groups is 1. The summed E-state index contributed by atoms with van der Waals surface area (Å²) in [7, 11) is 1.76. The Morgan fingerprint density at radius 2 is 1.89 bits per heavy atom. The van der Waals surface area contributed by atoms with Crippen LogP contribution in [0.4, 0.5) is 11.4 Å². The predicted octanol–water partition coefficient (Wildman–Crippen LogP) is 5.59. The minimum atomic E-state index is -0.516. The van der Waals surface area contributed by atoms with Gasteiger partial charge in [-0.25, -0.2) is 0 Å². The SMILES string of the molecule is Cc1ccc([N+](=O)[O-])cc1NC(=O)CSc1nnc([C@H](CC(C)C)NC(=O)c2ccc(Cl)cc2Cl)n1C. The summed E-state index contributed by atoms with van der Waals surface area (Å²) in [5.74, 6) is 0.0708. The molecule has 2 N–H and O–H groups in total. The average Bonchev–Trinajstić information content (AvgIpc) is 3.18. The number of benzene rings is 2. The van der Waals surface area contributed by atoms with Gasteiger partial charge in [-0.1, -0.05) is 54.9 Å². The zero-order valence-corrected chi connectivity index (χ0v) is 22.9. The summed E-state index contributed by atoms with van der Waals surface area (Å²) in [6, 6.07) is 8.50. The summed E-state index contributed by atoms with van der Waals surface area (Å²) in [5, 5.41) is 26.3. The van der Waals surface area contributed by atoms with E-state index in [1.54, 1.807) is 36.7 Å². The molecule has 1 heterocycles. The number of amides is 2. The molecule has 3 aromatic rings. The van der Waals surface area contributed by atoms with Gasteiger partial charge >= 0.3 is 0 Å². The van der Waals surface area contributed by atoms with Crippen molar-refractivity contribution in [1.29, 1.82) is 0 Å². The van der Waals surface area contributed by atoms with E-state index in [9.17, 15) is 19.7 Å². The molecule has 13 heteroatoms. The van der Waals surface area contributed by atoms with Gasteiger partial charge in [0.25, 0.3) is 11.6 Å². The van der Waals surface area contributed by atoms with Gasteiger partial charge in [-0.3, -0.25) is 19.7 Å². The number of carbonyl (C=O) groups is 2. The van der Waals surface area contributed by atoms with Crippen molar-refractivity contribution in [1.82, 2.24) is 20.1 Å². The van der Waals surface area contributed by atoms with E-state index in [0.717, 1.165) is 11.8 Å². The van der Waals surface area contributed by atoms with Crippen LogP contribution in [0.5, 0.6) is 0 Å². The Bertz CT molecular complexity index is 1330. The highest BCUT2D eigenvalue weighted by Crippen LogP contribution is 2.27. The summed E-state index contributed by atoms with van der Waals surface area (Å²) in [6.45, 7) is 5.81. The second kappa shape index (κ2) is 12.4. The Morgan fingerprint density at radius 1 is 1.16 bits per heavy atom. The zero-order valence-electron chi connectivity index (χ0n) is 20.6. The molecule has 0 unspecified atom stereocenters. The lowest BCUT2D eigenvalue weighted by molar-refractivity contribution is -0.384. The molecule has 0 saturated heterocycles. The number of nitrogens with one attached hydrogen (secondary N) is 2. The maximum absolute atomic E-state index is 12.9. The molecule has 1 aromatic heterocycles. The van der Waals surface area contributed by atoms with Crippen LogP contribution < -0.4 is 10.6 Å². The van der Waals surface area contributed by atoms with E-state index in [4.69, 9.17) is 23.2 Å². The van der Waals surface area contributed by atoms with E-state index >= 15 is 0 Å². The van der Waals surface area contributed by atoms with Gasteiger partial charge in [-0.05, 0) is 43.0 Å². The molecule has 0 bridgehead atoms. The third-order valence-corrected chi connectivity index (χ3v) is 6.97. The van der Waals surface area contributed by atoms with Gasteiger partial charge in [-0.2, -0.15) is 0 Å². The molecule has 0 aliphatic carbocycles. The van der Waals surface area contributed by atoms with E-state index < -0.39 is 11.0 Å².